The molecule has 0 amide bonds. The van der Waals surface area contributed by atoms with Gasteiger partial charge in [-0.3, -0.25) is 0 Å². The molecule has 0 saturated carbocycles. The summed E-state index contributed by atoms with van der Waals surface area (Å²) in [6, 6.07) is 7.31. The highest BCUT2D eigenvalue weighted by Crippen LogP contribution is 1.68. The molecule has 0 spiro atoms. The molecule has 2 heterocycles. The van der Waals surface area contributed by atoms with Crippen molar-refractivity contribution in [2.75, 3.05) is 0 Å². The molecule has 0 atom stereocenters. The summed E-state index contributed by atoms with van der Waals surface area (Å²) in [6.07, 6.45) is 6.56. The SMILES string of the molecule is Cl.Cl.c1ccnnc1.c1ccnnc1. The Hall–Kier alpha value is -1.26. The van der Waals surface area contributed by atoms with Gasteiger partial charge in [0.25, 0.3) is 0 Å². The van der Waals surface area contributed by atoms with Crippen LogP contribution in [0.25, 0.3) is 0 Å². The van der Waals surface area contributed by atoms with Crippen LogP contribution < -0.4 is 0 Å². The van der Waals surface area contributed by atoms with E-state index < -0.39 is 0 Å². The smallest absolute Gasteiger partial charge is 0.0496 e. The van der Waals surface area contributed by atoms with Crippen molar-refractivity contribution in [2.24, 2.45) is 0 Å². The summed E-state index contributed by atoms with van der Waals surface area (Å²) >= 11 is 0. The minimum Gasteiger partial charge on any atom is -0.159 e. The molecule has 0 aromatic carbocycles. The molecular weight excluding hydrogens is 223 g/mol. The van der Waals surface area contributed by atoms with Gasteiger partial charge in [-0.15, -0.1) is 24.8 Å². The average molecular weight is 233 g/mol. The van der Waals surface area contributed by atoms with E-state index in [1.54, 1.807) is 24.8 Å². The highest BCUT2D eigenvalue weighted by Gasteiger charge is 1.60. The molecule has 76 valence electrons. The van der Waals surface area contributed by atoms with Gasteiger partial charge in [-0.1, -0.05) is 0 Å². The molecule has 2 rings (SSSR count). The quantitative estimate of drug-likeness (QED) is 0.696. The highest BCUT2D eigenvalue weighted by molar-refractivity contribution is 5.85. The predicted octanol–water partition coefficient (Wildman–Crippen LogP) is 1.80. The first-order chi connectivity index (χ1) is 6.00. The van der Waals surface area contributed by atoms with Gasteiger partial charge in [0.05, 0.1) is 0 Å². The molecule has 0 saturated heterocycles. The summed E-state index contributed by atoms with van der Waals surface area (Å²) < 4.78 is 0. The first-order valence-corrected chi connectivity index (χ1v) is 3.43. The van der Waals surface area contributed by atoms with E-state index in [0.29, 0.717) is 0 Å². The fraction of sp³-hybridized carbons (Fsp3) is 0. The zero-order chi connectivity index (χ0) is 8.49. The van der Waals surface area contributed by atoms with E-state index >= 15 is 0 Å². The van der Waals surface area contributed by atoms with E-state index in [4.69, 9.17) is 0 Å². The van der Waals surface area contributed by atoms with Gasteiger partial charge in [-0.2, -0.15) is 20.4 Å². The van der Waals surface area contributed by atoms with Crippen molar-refractivity contribution >= 4 is 24.8 Å². The van der Waals surface area contributed by atoms with E-state index in [1.807, 2.05) is 24.3 Å². The Kier molecular flexibility index (Phi) is 12.8. The monoisotopic (exact) mass is 232 g/mol. The lowest BCUT2D eigenvalue weighted by Crippen LogP contribution is -1.69. The Morgan fingerprint density at radius 3 is 0.714 bits per heavy atom. The van der Waals surface area contributed by atoms with Gasteiger partial charge in [0.15, 0.2) is 0 Å². The van der Waals surface area contributed by atoms with Crippen molar-refractivity contribution in [2.45, 2.75) is 0 Å². The fourth-order valence-electron chi connectivity index (χ4n) is 0.507. The van der Waals surface area contributed by atoms with Crippen LogP contribution in [0, 0.1) is 0 Å². The van der Waals surface area contributed by atoms with Crippen molar-refractivity contribution in [3.05, 3.63) is 49.1 Å². The van der Waals surface area contributed by atoms with E-state index in [9.17, 15) is 0 Å². The number of hydrogen-bond donors (Lipinski definition) is 0. The number of nitrogens with zero attached hydrogens (tertiary/aromatic N) is 4. The van der Waals surface area contributed by atoms with Crippen molar-refractivity contribution in [1.29, 1.82) is 0 Å². The van der Waals surface area contributed by atoms with Crippen molar-refractivity contribution in [3.8, 4) is 0 Å². The van der Waals surface area contributed by atoms with Crippen LogP contribution in [0.15, 0.2) is 49.1 Å². The number of hydrogen-bond acceptors (Lipinski definition) is 4. The summed E-state index contributed by atoms with van der Waals surface area (Å²) in [5.41, 5.74) is 0. The molecule has 0 aliphatic heterocycles. The zero-order valence-electron chi connectivity index (χ0n) is 7.22. The van der Waals surface area contributed by atoms with Gasteiger partial charge in [0.1, 0.15) is 0 Å². The minimum atomic E-state index is 0. The van der Waals surface area contributed by atoms with E-state index in [-0.39, 0.29) is 24.8 Å². The lowest BCUT2D eigenvalue weighted by molar-refractivity contribution is 1.03. The Bertz CT molecular complexity index is 195. The Labute approximate surface area is 94.6 Å². The maximum Gasteiger partial charge on any atom is 0.0496 e. The topological polar surface area (TPSA) is 51.6 Å². The molecule has 2 aromatic heterocycles. The second-order valence-electron chi connectivity index (χ2n) is 1.83. The Morgan fingerprint density at radius 1 is 0.429 bits per heavy atom. The van der Waals surface area contributed by atoms with E-state index in [2.05, 4.69) is 20.4 Å². The van der Waals surface area contributed by atoms with Gasteiger partial charge in [0.2, 0.25) is 0 Å². The van der Waals surface area contributed by atoms with Crippen LogP contribution in [0.2, 0.25) is 0 Å². The molecule has 4 nitrogen and oxygen atoms in total. The van der Waals surface area contributed by atoms with Crippen LogP contribution in [0.5, 0.6) is 0 Å². The van der Waals surface area contributed by atoms with Gasteiger partial charge in [-0.25, -0.2) is 0 Å². The molecule has 14 heavy (non-hydrogen) atoms. The molecular formula is C8H10Cl2N4. The largest absolute Gasteiger partial charge is 0.159 e. The molecule has 0 fully saturated rings. The van der Waals surface area contributed by atoms with E-state index in [0.717, 1.165) is 0 Å². The molecule has 2 aromatic rings. The normalized spacial score (nSPS) is 6.86. The predicted molar refractivity (Wildman–Crippen MR) is 58.6 cm³/mol. The minimum absolute atomic E-state index is 0. The van der Waals surface area contributed by atoms with Crippen molar-refractivity contribution in [1.82, 2.24) is 20.4 Å². The van der Waals surface area contributed by atoms with Crippen LogP contribution in [-0.2, 0) is 0 Å². The summed E-state index contributed by atoms with van der Waals surface area (Å²) in [5.74, 6) is 0. The summed E-state index contributed by atoms with van der Waals surface area (Å²) in [5, 5.41) is 14.1. The van der Waals surface area contributed by atoms with Crippen LogP contribution >= 0.6 is 24.8 Å². The average Bonchev–Trinajstić information content (AvgIpc) is 2.24. The Morgan fingerprint density at radius 2 is 0.643 bits per heavy atom. The first-order valence-electron chi connectivity index (χ1n) is 3.43. The summed E-state index contributed by atoms with van der Waals surface area (Å²) in [7, 11) is 0. The maximum atomic E-state index is 3.53. The van der Waals surface area contributed by atoms with Crippen LogP contribution in [0.4, 0.5) is 0 Å². The molecule has 0 unspecified atom stereocenters. The van der Waals surface area contributed by atoms with Crippen molar-refractivity contribution in [3.63, 3.8) is 0 Å². The lowest BCUT2D eigenvalue weighted by atomic mass is 10.6. The molecule has 6 heteroatoms. The van der Waals surface area contributed by atoms with Gasteiger partial charge < -0.3 is 0 Å². The van der Waals surface area contributed by atoms with Gasteiger partial charge in [0, 0.05) is 24.8 Å². The number of aromatic nitrogens is 4. The first kappa shape index (κ1) is 15.2. The second-order valence-corrected chi connectivity index (χ2v) is 1.83. The third-order valence-electron chi connectivity index (χ3n) is 0.966. The molecule has 0 bridgehead atoms. The summed E-state index contributed by atoms with van der Waals surface area (Å²) in [4.78, 5) is 0. The molecule has 0 radical (unpaired) electrons. The van der Waals surface area contributed by atoms with Gasteiger partial charge >= 0.3 is 0 Å². The molecule has 0 aliphatic rings. The standard InChI is InChI=1S/2C4H4N2.2ClH/c2*1-2-4-6-5-3-1;;/h2*1-4H;2*1H. The van der Waals surface area contributed by atoms with Crippen molar-refractivity contribution < 1.29 is 0 Å². The Balaban J connectivity index is 0. The second kappa shape index (κ2) is 11.7. The fourth-order valence-corrected chi connectivity index (χ4v) is 0.507. The molecule has 0 N–H and O–H groups in total. The highest BCUT2D eigenvalue weighted by atomic mass is 35.5. The van der Waals surface area contributed by atoms with E-state index in [1.165, 1.54) is 0 Å². The maximum absolute atomic E-state index is 3.53. The van der Waals surface area contributed by atoms with Crippen LogP contribution in [-0.4, -0.2) is 20.4 Å². The number of rotatable bonds is 0. The third kappa shape index (κ3) is 8.83. The molecule has 0 aliphatic carbocycles. The lowest BCUT2D eigenvalue weighted by Gasteiger charge is -1.69. The van der Waals surface area contributed by atoms with Gasteiger partial charge in [-0.05, 0) is 24.3 Å². The third-order valence-corrected chi connectivity index (χ3v) is 0.966. The zero-order valence-corrected chi connectivity index (χ0v) is 8.86. The summed E-state index contributed by atoms with van der Waals surface area (Å²) in [6.45, 7) is 0. The van der Waals surface area contributed by atoms with Crippen LogP contribution in [0.3, 0.4) is 0 Å². The number of halogens is 2. The van der Waals surface area contributed by atoms with Crippen LogP contribution in [0.1, 0.15) is 0 Å².